The number of ether oxygens (including phenoxy) is 1. The Morgan fingerprint density at radius 3 is 3.00 bits per heavy atom. The number of aromatic nitrogens is 1. The zero-order valence-corrected chi connectivity index (χ0v) is 8.72. The fourth-order valence-corrected chi connectivity index (χ4v) is 1.48. The van der Waals surface area contributed by atoms with Crippen molar-refractivity contribution >= 4 is 16.9 Å². The summed E-state index contributed by atoms with van der Waals surface area (Å²) < 4.78 is 4.99. The molecule has 1 aromatic carbocycles. The Morgan fingerprint density at radius 1 is 1.38 bits per heavy atom. The lowest BCUT2D eigenvalue weighted by Gasteiger charge is -2.04. The Morgan fingerprint density at radius 2 is 2.19 bits per heavy atom. The Kier molecular flexibility index (Phi) is 2.96. The number of nitrogens with zero attached hydrogens (tertiary/aromatic N) is 1. The molecule has 16 heavy (non-hydrogen) atoms. The van der Waals surface area contributed by atoms with Crippen molar-refractivity contribution < 1.29 is 9.53 Å². The van der Waals surface area contributed by atoms with Crippen LogP contribution in [0.5, 0.6) is 0 Å². The summed E-state index contributed by atoms with van der Waals surface area (Å²) in [6.07, 6.45) is 3.20. The second-order valence-corrected chi connectivity index (χ2v) is 3.27. The molecule has 0 radical (unpaired) electrons. The standard InChI is InChI=1S/C13H11NO2/c1-2-9-16-13(15)11-7-3-5-10-6-4-8-14-12(10)11/h2-8H,1,9H2. The molecule has 0 aliphatic carbocycles. The summed E-state index contributed by atoms with van der Waals surface area (Å²) >= 11 is 0. The van der Waals surface area contributed by atoms with Crippen LogP contribution < -0.4 is 0 Å². The number of pyridine rings is 1. The van der Waals surface area contributed by atoms with Gasteiger partial charge in [0.1, 0.15) is 6.61 Å². The summed E-state index contributed by atoms with van der Waals surface area (Å²) in [5.74, 6) is -0.371. The molecule has 0 aliphatic heterocycles. The summed E-state index contributed by atoms with van der Waals surface area (Å²) in [4.78, 5) is 15.9. The van der Waals surface area contributed by atoms with Crippen molar-refractivity contribution in [1.29, 1.82) is 0 Å². The molecular weight excluding hydrogens is 202 g/mol. The number of para-hydroxylation sites is 1. The molecule has 0 aliphatic rings. The smallest absolute Gasteiger partial charge is 0.340 e. The van der Waals surface area contributed by atoms with Gasteiger partial charge in [-0.2, -0.15) is 0 Å². The molecule has 1 heterocycles. The van der Waals surface area contributed by atoms with Crippen LogP contribution in [0, 0.1) is 0 Å². The first-order valence-corrected chi connectivity index (χ1v) is 4.94. The molecule has 80 valence electrons. The second-order valence-electron chi connectivity index (χ2n) is 3.27. The van der Waals surface area contributed by atoms with Gasteiger partial charge >= 0.3 is 5.97 Å². The summed E-state index contributed by atoms with van der Waals surface area (Å²) in [6.45, 7) is 3.71. The van der Waals surface area contributed by atoms with Crippen molar-refractivity contribution in [2.24, 2.45) is 0 Å². The SMILES string of the molecule is C=CCOC(=O)c1cccc2cccnc12. The molecule has 2 rings (SSSR count). The third-order valence-corrected chi connectivity index (χ3v) is 2.18. The van der Waals surface area contributed by atoms with Crippen LogP contribution in [0.15, 0.2) is 49.2 Å². The van der Waals surface area contributed by atoms with E-state index < -0.39 is 0 Å². The predicted octanol–water partition coefficient (Wildman–Crippen LogP) is 2.58. The molecule has 1 aromatic heterocycles. The van der Waals surface area contributed by atoms with E-state index in [1.54, 1.807) is 12.3 Å². The van der Waals surface area contributed by atoms with Gasteiger partial charge in [-0.25, -0.2) is 4.79 Å². The van der Waals surface area contributed by atoms with Crippen molar-refractivity contribution in [1.82, 2.24) is 4.98 Å². The lowest BCUT2D eigenvalue weighted by atomic mass is 10.1. The highest BCUT2D eigenvalue weighted by Crippen LogP contribution is 2.16. The van der Waals surface area contributed by atoms with Crippen LogP contribution in [-0.2, 0) is 4.74 Å². The molecule has 0 amide bonds. The number of hydrogen-bond acceptors (Lipinski definition) is 3. The number of fused-ring (bicyclic) bond motifs is 1. The highest BCUT2D eigenvalue weighted by Gasteiger charge is 2.10. The Bertz CT molecular complexity index is 529. The third kappa shape index (κ3) is 1.93. The monoisotopic (exact) mass is 213 g/mol. The molecule has 0 saturated carbocycles. The number of esters is 1. The molecule has 0 saturated heterocycles. The molecule has 3 heteroatoms. The number of hydrogen-bond donors (Lipinski definition) is 0. The van der Waals surface area contributed by atoms with E-state index in [9.17, 15) is 4.79 Å². The van der Waals surface area contributed by atoms with Gasteiger partial charge in [0.2, 0.25) is 0 Å². The van der Waals surface area contributed by atoms with Crippen LogP contribution in [0.25, 0.3) is 10.9 Å². The van der Waals surface area contributed by atoms with E-state index in [1.165, 1.54) is 6.08 Å². The molecule has 3 nitrogen and oxygen atoms in total. The number of carbonyl (C=O) groups excluding carboxylic acids is 1. The predicted molar refractivity (Wildman–Crippen MR) is 62.2 cm³/mol. The Labute approximate surface area is 93.4 Å². The quantitative estimate of drug-likeness (QED) is 0.581. The van der Waals surface area contributed by atoms with E-state index >= 15 is 0 Å². The zero-order valence-electron chi connectivity index (χ0n) is 8.72. The van der Waals surface area contributed by atoms with Gasteiger partial charge in [0.05, 0.1) is 11.1 Å². The lowest BCUT2D eigenvalue weighted by Crippen LogP contribution is -2.06. The van der Waals surface area contributed by atoms with E-state index in [-0.39, 0.29) is 12.6 Å². The molecule has 0 atom stereocenters. The van der Waals surface area contributed by atoms with Crippen LogP contribution in [0.4, 0.5) is 0 Å². The van der Waals surface area contributed by atoms with Crippen molar-refractivity contribution in [2.75, 3.05) is 6.61 Å². The fourth-order valence-electron chi connectivity index (χ4n) is 1.48. The van der Waals surface area contributed by atoms with E-state index in [0.717, 1.165) is 5.39 Å². The maximum absolute atomic E-state index is 11.7. The largest absolute Gasteiger partial charge is 0.458 e. The molecular formula is C13H11NO2. The first-order chi connectivity index (χ1) is 7.83. The topological polar surface area (TPSA) is 39.2 Å². The summed E-state index contributed by atoms with van der Waals surface area (Å²) in [7, 11) is 0. The van der Waals surface area contributed by atoms with Crippen LogP contribution in [-0.4, -0.2) is 17.6 Å². The van der Waals surface area contributed by atoms with E-state index in [4.69, 9.17) is 4.74 Å². The minimum atomic E-state index is -0.371. The van der Waals surface area contributed by atoms with Gasteiger partial charge in [0, 0.05) is 11.6 Å². The van der Waals surface area contributed by atoms with Crippen LogP contribution in [0.1, 0.15) is 10.4 Å². The summed E-state index contributed by atoms with van der Waals surface area (Å²) in [5, 5.41) is 0.926. The maximum Gasteiger partial charge on any atom is 0.340 e. The Hall–Kier alpha value is -2.16. The number of benzene rings is 1. The average molecular weight is 213 g/mol. The van der Waals surface area contributed by atoms with Gasteiger partial charge in [-0.15, -0.1) is 0 Å². The first kappa shape index (κ1) is 10.4. The Balaban J connectivity index is 2.44. The molecule has 0 fully saturated rings. The van der Waals surface area contributed by atoms with Crippen molar-refractivity contribution in [3.63, 3.8) is 0 Å². The van der Waals surface area contributed by atoms with Gasteiger partial charge < -0.3 is 4.74 Å². The maximum atomic E-state index is 11.7. The third-order valence-electron chi connectivity index (χ3n) is 2.18. The van der Waals surface area contributed by atoms with E-state index in [0.29, 0.717) is 11.1 Å². The normalized spacial score (nSPS) is 10.0. The van der Waals surface area contributed by atoms with Crippen molar-refractivity contribution in [3.8, 4) is 0 Å². The molecule has 0 spiro atoms. The zero-order chi connectivity index (χ0) is 11.4. The van der Waals surface area contributed by atoms with E-state index in [2.05, 4.69) is 11.6 Å². The molecule has 0 bridgehead atoms. The van der Waals surface area contributed by atoms with Crippen molar-refractivity contribution in [2.45, 2.75) is 0 Å². The van der Waals surface area contributed by atoms with Crippen LogP contribution in [0.2, 0.25) is 0 Å². The fraction of sp³-hybridized carbons (Fsp3) is 0.0769. The molecule has 0 unspecified atom stereocenters. The first-order valence-electron chi connectivity index (χ1n) is 4.94. The number of carbonyl (C=O) groups is 1. The van der Waals surface area contributed by atoms with Gasteiger partial charge in [0.15, 0.2) is 0 Å². The van der Waals surface area contributed by atoms with Crippen molar-refractivity contribution in [3.05, 3.63) is 54.7 Å². The minimum absolute atomic E-state index is 0.210. The highest BCUT2D eigenvalue weighted by molar-refractivity contribution is 6.02. The molecule has 2 aromatic rings. The van der Waals surface area contributed by atoms with E-state index in [1.807, 2.05) is 24.3 Å². The second kappa shape index (κ2) is 4.57. The average Bonchev–Trinajstić information content (AvgIpc) is 2.35. The minimum Gasteiger partial charge on any atom is -0.458 e. The van der Waals surface area contributed by atoms with Crippen LogP contribution in [0.3, 0.4) is 0 Å². The lowest BCUT2D eigenvalue weighted by molar-refractivity contribution is 0.0552. The molecule has 0 N–H and O–H groups in total. The summed E-state index contributed by atoms with van der Waals surface area (Å²) in [6, 6.07) is 9.18. The van der Waals surface area contributed by atoms with Gasteiger partial charge in [-0.1, -0.05) is 30.9 Å². The van der Waals surface area contributed by atoms with Crippen LogP contribution >= 0.6 is 0 Å². The van der Waals surface area contributed by atoms with Gasteiger partial charge in [-0.3, -0.25) is 4.98 Å². The summed E-state index contributed by atoms with van der Waals surface area (Å²) in [5.41, 5.74) is 1.15. The number of rotatable bonds is 3. The van der Waals surface area contributed by atoms with Gasteiger partial charge in [0.25, 0.3) is 0 Å². The van der Waals surface area contributed by atoms with Gasteiger partial charge in [-0.05, 0) is 12.1 Å². The highest BCUT2D eigenvalue weighted by atomic mass is 16.5.